The molecule has 4 aromatic rings. The van der Waals surface area contributed by atoms with Crippen LogP contribution in [0, 0.1) is 0 Å². The van der Waals surface area contributed by atoms with Gasteiger partial charge in [0.25, 0.3) is 0 Å². The Morgan fingerprint density at radius 2 is 1.97 bits per heavy atom. The number of anilines is 2. The number of halogens is 1. The molecule has 1 saturated heterocycles. The normalized spacial score (nSPS) is 14.2. The maximum absolute atomic E-state index is 12.7. The van der Waals surface area contributed by atoms with E-state index in [1.165, 1.54) is 22.1 Å². The van der Waals surface area contributed by atoms with Gasteiger partial charge < -0.3 is 10.2 Å². The summed E-state index contributed by atoms with van der Waals surface area (Å²) >= 11 is 4.83. The number of benzene rings is 1. The molecule has 0 spiro atoms. The van der Waals surface area contributed by atoms with Crippen molar-refractivity contribution in [2.45, 2.75) is 19.4 Å². The standard InChI is InChI=1S/C18H16BrN7O2S/c19-11-3-5-12(6-4-11)21-13(27)9-26-18(28)25-10-20-15-14(16(25)23-26)29-17(22-15)24-7-1-2-8-24/h3-6,10H,1-2,7-9H2,(H,21,27). The van der Waals surface area contributed by atoms with Gasteiger partial charge in [-0.05, 0) is 37.1 Å². The Morgan fingerprint density at radius 3 is 2.72 bits per heavy atom. The SMILES string of the molecule is O=C(Cn1nc2c3sc(N4CCCC4)nc3ncn2c1=O)Nc1ccc(Br)cc1. The van der Waals surface area contributed by atoms with Gasteiger partial charge in [0.1, 0.15) is 17.6 Å². The molecule has 0 aliphatic carbocycles. The molecule has 0 saturated carbocycles. The molecule has 9 nitrogen and oxygen atoms in total. The van der Waals surface area contributed by atoms with Crippen molar-refractivity contribution >= 4 is 60.0 Å². The Bertz CT molecular complexity index is 1270. The molecule has 0 bridgehead atoms. The van der Waals surface area contributed by atoms with Crippen LogP contribution < -0.4 is 15.9 Å². The molecule has 148 valence electrons. The molecule has 5 rings (SSSR count). The molecule has 0 atom stereocenters. The number of carbonyl (C=O) groups is 1. The van der Waals surface area contributed by atoms with Gasteiger partial charge in [-0.2, -0.15) is 4.98 Å². The predicted molar refractivity (Wildman–Crippen MR) is 115 cm³/mol. The molecule has 29 heavy (non-hydrogen) atoms. The number of hydrogen-bond acceptors (Lipinski definition) is 7. The summed E-state index contributed by atoms with van der Waals surface area (Å²) in [5, 5.41) is 8.05. The average molecular weight is 474 g/mol. The minimum Gasteiger partial charge on any atom is -0.348 e. The lowest BCUT2D eigenvalue weighted by Gasteiger charge is -2.11. The van der Waals surface area contributed by atoms with Gasteiger partial charge >= 0.3 is 5.69 Å². The third-order valence-corrected chi connectivity index (χ3v) is 6.40. The van der Waals surface area contributed by atoms with E-state index in [1.54, 1.807) is 12.1 Å². The van der Waals surface area contributed by atoms with Crippen molar-refractivity contribution in [1.82, 2.24) is 24.1 Å². The van der Waals surface area contributed by atoms with Crippen LogP contribution >= 0.6 is 27.3 Å². The lowest BCUT2D eigenvalue weighted by molar-refractivity contribution is -0.117. The Hall–Kier alpha value is -2.79. The van der Waals surface area contributed by atoms with Crippen LogP contribution in [0.3, 0.4) is 0 Å². The number of nitrogens with zero attached hydrogens (tertiary/aromatic N) is 6. The summed E-state index contributed by atoms with van der Waals surface area (Å²) < 4.78 is 4.18. The van der Waals surface area contributed by atoms with Crippen LogP contribution in [0.25, 0.3) is 16.0 Å². The Balaban J connectivity index is 1.45. The molecule has 1 N–H and O–H groups in total. The van der Waals surface area contributed by atoms with Crippen molar-refractivity contribution in [2.75, 3.05) is 23.3 Å². The zero-order valence-corrected chi connectivity index (χ0v) is 17.6. The molecule has 1 fully saturated rings. The fourth-order valence-electron chi connectivity index (χ4n) is 3.34. The van der Waals surface area contributed by atoms with E-state index >= 15 is 0 Å². The van der Waals surface area contributed by atoms with Crippen LogP contribution in [0.2, 0.25) is 0 Å². The summed E-state index contributed by atoms with van der Waals surface area (Å²) in [4.78, 5) is 36.2. The molecule has 0 radical (unpaired) electrons. The lowest BCUT2D eigenvalue weighted by Crippen LogP contribution is -2.28. The number of fused-ring (bicyclic) bond motifs is 3. The fraction of sp³-hybridized carbons (Fsp3) is 0.278. The lowest BCUT2D eigenvalue weighted by atomic mass is 10.3. The molecule has 4 heterocycles. The number of amides is 1. The number of rotatable bonds is 4. The Morgan fingerprint density at radius 1 is 1.21 bits per heavy atom. The molecule has 3 aromatic heterocycles. The summed E-state index contributed by atoms with van der Waals surface area (Å²) in [5.41, 5.74) is 1.29. The van der Waals surface area contributed by atoms with Crippen LogP contribution in [-0.4, -0.2) is 43.1 Å². The van der Waals surface area contributed by atoms with E-state index in [9.17, 15) is 9.59 Å². The largest absolute Gasteiger partial charge is 0.352 e. The molecular weight excluding hydrogens is 458 g/mol. The number of hydrogen-bond donors (Lipinski definition) is 1. The quantitative estimate of drug-likeness (QED) is 0.488. The van der Waals surface area contributed by atoms with Gasteiger partial charge in [0.05, 0.1) is 0 Å². The van der Waals surface area contributed by atoms with E-state index < -0.39 is 5.69 Å². The van der Waals surface area contributed by atoms with Gasteiger partial charge in [-0.3, -0.25) is 4.79 Å². The first-order chi connectivity index (χ1) is 14.1. The average Bonchev–Trinajstić information content (AvgIpc) is 3.43. The minimum atomic E-state index is -0.406. The molecule has 11 heteroatoms. The van der Waals surface area contributed by atoms with Crippen molar-refractivity contribution in [3.63, 3.8) is 0 Å². The highest BCUT2D eigenvalue weighted by molar-refractivity contribution is 9.10. The minimum absolute atomic E-state index is 0.185. The summed E-state index contributed by atoms with van der Waals surface area (Å²) in [6.45, 7) is 1.77. The van der Waals surface area contributed by atoms with Gasteiger partial charge in [0.15, 0.2) is 16.4 Å². The molecular formula is C18H16BrN7O2S. The van der Waals surface area contributed by atoms with Gasteiger partial charge in [-0.15, -0.1) is 5.10 Å². The summed E-state index contributed by atoms with van der Waals surface area (Å²) in [6, 6.07) is 7.21. The maximum Gasteiger partial charge on any atom is 0.352 e. The second-order valence-corrected chi connectivity index (χ2v) is 8.67. The van der Waals surface area contributed by atoms with Crippen molar-refractivity contribution < 1.29 is 4.79 Å². The first-order valence-electron chi connectivity index (χ1n) is 9.13. The smallest absolute Gasteiger partial charge is 0.348 e. The molecule has 1 aliphatic heterocycles. The van der Waals surface area contributed by atoms with Crippen molar-refractivity contribution in [3.8, 4) is 0 Å². The monoisotopic (exact) mass is 473 g/mol. The number of thiazole rings is 1. The number of nitrogens with one attached hydrogen (secondary N) is 1. The van der Waals surface area contributed by atoms with Gasteiger partial charge in [0, 0.05) is 23.2 Å². The van der Waals surface area contributed by atoms with Gasteiger partial charge in [-0.25, -0.2) is 18.9 Å². The fourth-order valence-corrected chi connectivity index (χ4v) is 4.65. The second kappa shape index (κ2) is 7.23. The summed E-state index contributed by atoms with van der Waals surface area (Å²) in [5.74, 6) is -0.330. The third-order valence-electron chi connectivity index (χ3n) is 4.77. The van der Waals surface area contributed by atoms with Crippen LogP contribution in [-0.2, 0) is 11.3 Å². The zero-order valence-electron chi connectivity index (χ0n) is 15.2. The summed E-state index contributed by atoms with van der Waals surface area (Å²) in [6.07, 6.45) is 3.73. The number of carbonyl (C=O) groups excluding carboxylic acids is 1. The van der Waals surface area contributed by atoms with Crippen LogP contribution in [0.15, 0.2) is 39.9 Å². The highest BCUT2D eigenvalue weighted by Crippen LogP contribution is 2.31. The molecule has 1 amide bonds. The molecule has 1 aromatic carbocycles. The van der Waals surface area contributed by atoms with Crippen molar-refractivity contribution in [3.05, 3.63) is 45.5 Å². The Kier molecular flexibility index (Phi) is 4.55. The van der Waals surface area contributed by atoms with Gasteiger partial charge in [0.2, 0.25) is 5.91 Å². The van der Waals surface area contributed by atoms with Crippen molar-refractivity contribution in [1.29, 1.82) is 0 Å². The zero-order chi connectivity index (χ0) is 20.0. The molecule has 1 aliphatic rings. The second-order valence-electron chi connectivity index (χ2n) is 6.78. The maximum atomic E-state index is 12.7. The number of aromatic nitrogens is 5. The van der Waals surface area contributed by atoms with E-state index in [1.807, 2.05) is 12.1 Å². The molecule has 0 unspecified atom stereocenters. The summed E-state index contributed by atoms with van der Waals surface area (Å²) in [7, 11) is 0. The van der Waals surface area contributed by atoms with E-state index in [2.05, 4.69) is 41.2 Å². The van der Waals surface area contributed by atoms with Crippen LogP contribution in [0.1, 0.15) is 12.8 Å². The third kappa shape index (κ3) is 3.40. The predicted octanol–water partition coefficient (Wildman–Crippen LogP) is 2.50. The van der Waals surface area contributed by atoms with E-state index in [0.29, 0.717) is 17.0 Å². The first kappa shape index (κ1) is 18.3. The van der Waals surface area contributed by atoms with Crippen LogP contribution in [0.4, 0.5) is 10.8 Å². The highest BCUT2D eigenvalue weighted by Gasteiger charge is 2.20. The van der Waals surface area contributed by atoms with Crippen molar-refractivity contribution in [2.24, 2.45) is 0 Å². The highest BCUT2D eigenvalue weighted by atomic mass is 79.9. The topological polar surface area (TPSA) is 97.4 Å². The Labute approximate surface area is 177 Å². The van der Waals surface area contributed by atoms with E-state index in [0.717, 1.165) is 44.9 Å². The van der Waals surface area contributed by atoms with Crippen LogP contribution in [0.5, 0.6) is 0 Å². The first-order valence-corrected chi connectivity index (χ1v) is 10.7. The van der Waals surface area contributed by atoms with E-state index in [-0.39, 0.29) is 12.5 Å². The van der Waals surface area contributed by atoms with E-state index in [4.69, 9.17) is 0 Å². The van der Waals surface area contributed by atoms with Gasteiger partial charge in [-0.1, -0.05) is 27.3 Å².